The van der Waals surface area contributed by atoms with Gasteiger partial charge in [0.05, 0.1) is 21.7 Å². The Labute approximate surface area is 121 Å². The summed E-state index contributed by atoms with van der Waals surface area (Å²) in [4.78, 5) is 13.4. The van der Waals surface area contributed by atoms with Crippen molar-refractivity contribution >= 4 is 22.4 Å². The van der Waals surface area contributed by atoms with Gasteiger partial charge in [-0.3, -0.25) is 9.97 Å². The highest BCUT2D eigenvalue weighted by atomic mass is 32.1. The van der Waals surface area contributed by atoms with Crippen LogP contribution in [-0.2, 0) is 6.42 Å². The van der Waals surface area contributed by atoms with E-state index in [1.54, 1.807) is 23.7 Å². The summed E-state index contributed by atoms with van der Waals surface area (Å²) >= 11 is 1.69. The molecule has 0 aliphatic rings. The van der Waals surface area contributed by atoms with Crippen molar-refractivity contribution < 1.29 is 0 Å². The zero-order chi connectivity index (χ0) is 13.9. The largest absolute Gasteiger partial charge is 0.313 e. The fourth-order valence-corrected chi connectivity index (χ4v) is 3.00. The summed E-state index contributed by atoms with van der Waals surface area (Å²) in [5, 5.41) is 6.59. The lowest BCUT2D eigenvalue weighted by Crippen LogP contribution is -2.19. The van der Waals surface area contributed by atoms with Gasteiger partial charge in [0.15, 0.2) is 0 Å². The highest BCUT2D eigenvalue weighted by Gasteiger charge is 2.15. The Bertz CT molecular complexity index is 717. The van der Waals surface area contributed by atoms with Crippen LogP contribution in [0.25, 0.3) is 11.0 Å². The molecular weight excluding hydrogens is 268 g/mol. The van der Waals surface area contributed by atoms with Crippen molar-refractivity contribution in [2.75, 3.05) is 7.05 Å². The molecule has 1 N–H and O–H groups in total. The van der Waals surface area contributed by atoms with E-state index in [1.807, 2.05) is 26.1 Å². The molecule has 0 spiro atoms. The third kappa shape index (κ3) is 2.55. The molecule has 0 saturated carbocycles. The van der Waals surface area contributed by atoms with E-state index in [0.717, 1.165) is 28.2 Å². The molecule has 0 aliphatic heterocycles. The average molecular weight is 284 g/mol. The number of nitrogens with one attached hydrogen (secondary N) is 1. The molecule has 1 unspecified atom stereocenters. The Morgan fingerprint density at radius 2 is 2.10 bits per heavy atom. The molecule has 0 fully saturated rings. The number of nitrogens with zero attached hydrogens (tertiary/aromatic N) is 3. The quantitative estimate of drug-likeness (QED) is 0.800. The molecule has 0 bridgehead atoms. The van der Waals surface area contributed by atoms with E-state index in [0.29, 0.717) is 0 Å². The molecule has 102 valence electrons. The van der Waals surface area contributed by atoms with E-state index >= 15 is 0 Å². The molecule has 4 nitrogen and oxygen atoms in total. The summed E-state index contributed by atoms with van der Waals surface area (Å²) in [5.41, 5.74) is 4.18. The minimum atomic E-state index is 0.192. The SMILES string of the molecule is CNC(Cc1csc(C)n1)c1cccc2nccnc12. The number of benzene rings is 1. The Hall–Kier alpha value is -1.85. The van der Waals surface area contributed by atoms with Crippen molar-refractivity contribution in [3.63, 3.8) is 0 Å². The molecule has 2 heterocycles. The number of fused-ring (bicyclic) bond motifs is 1. The van der Waals surface area contributed by atoms with Gasteiger partial charge in [0.25, 0.3) is 0 Å². The van der Waals surface area contributed by atoms with Gasteiger partial charge in [0.2, 0.25) is 0 Å². The van der Waals surface area contributed by atoms with Gasteiger partial charge < -0.3 is 5.32 Å². The summed E-state index contributed by atoms with van der Waals surface area (Å²) < 4.78 is 0. The predicted octanol–water partition coefficient (Wildman–Crippen LogP) is 2.90. The first-order valence-electron chi connectivity index (χ1n) is 6.56. The summed E-state index contributed by atoms with van der Waals surface area (Å²) in [6.45, 7) is 2.03. The molecule has 5 heteroatoms. The standard InChI is InChI=1S/C15H16N4S/c1-10-19-11(9-20-10)8-14(16-2)12-4-3-5-13-15(12)18-7-6-17-13/h3-7,9,14,16H,8H2,1-2H3. The van der Waals surface area contributed by atoms with Gasteiger partial charge in [-0.05, 0) is 25.6 Å². The number of aromatic nitrogens is 3. The zero-order valence-electron chi connectivity index (χ0n) is 11.5. The fourth-order valence-electron chi connectivity index (χ4n) is 2.37. The van der Waals surface area contributed by atoms with E-state index in [1.165, 1.54) is 5.56 Å². The topological polar surface area (TPSA) is 50.7 Å². The molecule has 0 amide bonds. The molecule has 2 aromatic heterocycles. The van der Waals surface area contributed by atoms with Crippen molar-refractivity contribution in [3.05, 3.63) is 52.2 Å². The third-order valence-corrected chi connectivity index (χ3v) is 4.16. The first kappa shape index (κ1) is 13.1. The van der Waals surface area contributed by atoms with Crippen LogP contribution < -0.4 is 5.32 Å². The average Bonchev–Trinajstić information content (AvgIpc) is 2.89. The molecule has 0 aliphatic carbocycles. The van der Waals surface area contributed by atoms with Crippen LogP contribution in [0.3, 0.4) is 0 Å². The molecule has 1 atom stereocenters. The van der Waals surface area contributed by atoms with Crippen LogP contribution in [0, 0.1) is 6.92 Å². The van der Waals surface area contributed by atoms with Gasteiger partial charge in [-0.2, -0.15) is 0 Å². The first-order chi connectivity index (χ1) is 9.78. The molecular formula is C15H16N4S. The third-order valence-electron chi connectivity index (χ3n) is 3.33. The van der Waals surface area contributed by atoms with Crippen LogP contribution >= 0.6 is 11.3 Å². The highest BCUT2D eigenvalue weighted by Crippen LogP contribution is 2.24. The van der Waals surface area contributed by atoms with Crippen LogP contribution in [0.15, 0.2) is 36.0 Å². The van der Waals surface area contributed by atoms with E-state index in [4.69, 9.17) is 0 Å². The summed E-state index contributed by atoms with van der Waals surface area (Å²) in [6, 6.07) is 6.32. The predicted molar refractivity (Wildman–Crippen MR) is 81.9 cm³/mol. The van der Waals surface area contributed by atoms with Crippen molar-refractivity contribution in [3.8, 4) is 0 Å². The molecule has 1 aromatic carbocycles. The van der Waals surface area contributed by atoms with Crippen molar-refractivity contribution in [1.82, 2.24) is 20.3 Å². The van der Waals surface area contributed by atoms with Crippen LogP contribution in [0.2, 0.25) is 0 Å². The summed E-state index contributed by atoms with van der Waals surface area (Å²) in [6.07, 6.45) is 4.33. The van der Waals surface area contributed by atoms with Crippen LogP contribution in [0.4, 0.5) is 0 Å². The second kappa shape index (κ2) is 5.64. The summed E-state index contributed by atoms with van der Waals surface area (Å²) in [7, 11) is 1.97. The Morgan fingerprint density at radius 3 is 2.85 bits per heavy atom. The monoisotopic (exact) mass is 284 g/mol. The van der Waals surface area contributed by atoms with Gasteiger partial charge in [-0.15, -0.1) is 11.3 Å². The van der Waals surface area contributed by atoms with Crippen LogP contribution in [0.1, 0.15) is 22.3 Å². The number of hydrogen-bond donors (Lipinski definition) is 1. The lowest BCUT2D eigenvalue weighted by atomic mass is 10.0. The molecule has 0 saturated heterocycles. The van der Waals surface area contributed by atoms with E-state index in [2.05, 4.69) is 31.7 Å². The second-order valence-electron chi connectivity index (χ2n) is 4.67. The van der Waals surface area contributed by atoms with Crippen LogP contribution in [0.5, 0.6) is 0 Å². The fraction of sp³-hybridized carbons (Fsp3) is 0.267. The van der Waals surface area contributed by atoms with E-state index < -0.39 is 0 Å². The summed E-state index contributed by atoms with van der Waals surface area (Å²) in [5.74, 6) is 0. The zero-order valence-corrected chi connectivity index (χ0v) is 12.3. The minimum Gasteiger partial charge on any atom is -0.313 e. The normalized spacial score (nSPS) is 12.7. The van der Waals surface area contributed by atoms with Crippen molar-refractivity contribution in [2.45, 2.75) is 19.4 Å². The maximum atomic E-state index is 4.55. The minimum absolute atomic E-state index is 0.192. The number of likely N-dealkylation sites (N-methyl/N-ethyl adjacent to an activating group) is 1. The van der Waals surface area contributed by atoms with Gasteiger partial charge in [0, 0.05) is 30.2 Å². The Kier molecular flexibility index (Phi) is 3.71. The Morgan fingerprint density at radius 1 is 1.25 bits per heavy atom. The molecule has 20 heavy (non-hydrogen) atoms. The van der Waals surface area contributed by atoms with E-state index in [9.17, 15) is 0 Å². The maximum absolute atomic E-state index is 4.55. The second-order valence-corrected chi connectivity index (χ2v) is 5.74. The maximum Gasteiger partial charge on any atom is 0.0934 e. The molecule has 0 radical (unpaired) electrons. The lowest BCUT2D eigenvalue weighted by Gasteiger charge is -2.16. The molecule has 3 aromatic rings. The number of hydrogen-bond acceptors (Lipinski definition) is 5. The number of rotatable bonds is 4. The van der Waals surface area contributed by atoms with Crippen molar-refractivity contribution in [1.29, 1.82) is 0 Å². The first-order valence-corrected chi connectivity index (χ1v) is 7.44. The van der Waals surface area contributed by atoms with Gasteiger partial charge in [-0.1, -0.05) is 12.1 Å². The highest BCUT2D eigenvalue weighted by molar-refractivity contribution is 7.09. The smallest absolute Gasteiger partial charge is 0.0934 e. The van der Waals surface area contributed by atoms with Gasteiger partial charge >= 0.3 is 0 Å². The lowest BCUT2D eigenvalue weighted by molar-refractivity contribution is 0.588. The van der Waals surface area contributed by atoms with Crippen molar-refractivity contribution in [2.24, 2.45) is 0 Å². The Balaban J connectivity index is 1.98. The number of aryl methyl sites for hydroxylation is 1. The van der Waals surface area contributed by atoms with E-state index in [-0.39, 0.29) is 6.04 Å². The van der Waals surface area contributed by atoms with Crippen LogP contribution in [-0.4, -0.2) is 22.0 Å². The van der Waals surface area contributed by atoms with Gasteiger partial charge in [0.1, 0.15) is 0 Å². The number of para-hydroxylation sites is 1. The van der Waals surface area contributed by atoms with Gasteiger partial charge in [-0.25, -0.2) is 4.98 Å². The number of thiazole rings is 1. The molecule has 3 rings (SSSR count).